The van der Waals surface area contributed by atoms with Gasteiger partial charge in [0.2, 0.25) is 0 Å². The molecule has 0 aromatic carbocycles. The van der Waals surface area contributed by atoms with Crippen LogP contribution in [0.2, 0.25) is 0 Å². The van der Waals surface area contributed by atoms with Crippen LogP contribution in [-0.2, 0) is 0 Å². The predicted octanol–water partition coefficient (Wildman–Crippen LogP) is 6.53. The van der Waals surface area contributed by atoms with E-state index in [1.807, 2.05) is 0 Å². The van der Waals surface area contributed by atoms with Crippen molar-refractivity contribution in [3.8, 4) is 0 Å². The van der Waals surface area contributed by atoms with E-state index in [1.54, 1.807) is 57.8 Å². The van der Waals surface area contributed by atoms with Crippen LogP contribution in [-0.4, -0.2) is 0 Å². The molecule has 0 amide bonds. The Bertz CT molecular complexity index is 558. The molecule has 0 aromatic rings. The molecule has 24 heavy (non-hydrogen) atoms. The van der Waals surface area contributed by atoms with Crippen molar-refractivity contribution >= 4 is 0 Å². The first-order valence-corrected chi connectivity index (χ1v) is 10.9. The fraction of sp³-hybridized carbons (Fsp3) is 0.833. The maximum Gasteiger partial charge on any atom is -0.00423 e. The fourth-order valence-corrected chi connectivity index (χ4v) is 10.2. The van der Waals surface area contributed by atoms with E-state index in [4.69, 9.17) is 0 Å². The minimum absolute atomic E-state index is 0.454. The molecule has 8 aliphatic carbocycles. The van der Waals surface area contributed by atoms with Gasteiger partial charge in [-0.05, 0) is 128 Å². The van der Waals surface area contributed by atoms with Gasteiger partial charge in [-0.25, -0.2) is 0 Å². The summed E-state index contributed by atoms with van der Waals surface area (Å²) in [7, 11) is 0. The largest absolute Gasteiger partial charge is 0.0988 e. The van der Waals surface area contributed by atoms with E-state index in [-0.39, 0.29) is 0 Å². The molecule has 8 fully saturated rings. The monoisotopic (exact) mass is 322 g/mol. The Balaban J connectivity index is 1.44. The van der Waals surface area contributed by atoms with Crippen LogP contribution in [0.3, 0.4) is 0 Å². The van der Waals surface area contributed by atoms with Gasteiger partial charge in [0.15, 0.2) is 0 Å². The second-order valence-corrected chi connectivity index (χ2v) is 11.4. The molecule has 0 heterocycles. The summed E-state index contributed by atoms with van der Waals surface area (Å²) in [6.45, 7) is 8.66. The number of hydrogen-bond acceptors (Lipinski definition) is 0. The molecule has 8 saturated carbocycles. The number of allylic oxidation sites excluding steroid dienone is 2. The minimum Gasteiger partial charge on any atom is -0.0988 e. The Morgan fingerprint density at radius 3 is 1.62 bits per heavy atom. The van der Waals surface area contributed by atoms with Gasteiger partial charge in [0.25, 0.3) is 0 Å². The summed E-state index contributed by atoms with van der Waals surface area (Å²) in [5, 5.41) is 0. The Morgan fingerprint density at radius 2 is 1.12 bits per heavy atom. The highest BCUT2D eigenvalue weighted by Crippen LogP contribution is 2.77. The van der Waals surface area contributed by atoms with Crippen molar-refractivity contribution in [2.24, 2.45) is 45.8 Å². The van der Waals surface area contributed by atoms with E-state index >= 15 is 0 Å². The first kappa shape index (κ1) is 14.6. The Kier molecular flexibility index (Phi) is 2.69. The maximum absolute atomic E-state index is 4.52. The van der Waals surface area contributed by atoms with Crippen LogP contribution in [0.4, 0.5) is 0 Å². The third-order valence-corrected chi connectivity index (χ3v) is 10.2. The lowest BCUT2D eigenvalue weighted by atomic mass is 9.32. The standard InChI is InChI=1S/C24H34/c1-3-16(2)22-8-20-7-21(9-22)14-24(13-20,15-22)23-10-17-4-18(11-23)6-19(5-17)12-23/h3,17-21H,1-2,4-15H2. The van der Waals surface area contributed by atoms with Gasteiger partial charge in [0, 0.05) is 0 Å². The summed E-state index contributed by atoms with van der Waals surface area (Å²) >= 11 is 0. The first-order valence-electron chi connectivity index (χ1n) is 10.9. The molecule has 130 valence electrons. The zero-order valence-electron chi connectivity index (χ0n) is 15.4. The molecule has 0 heteroatoms. The summed E-state index contributed by atoms with van der Waals surface area (Å²) in [6, 6.07) is 0. The zero-order chi connectivity index (χ0) is 16.2. The molecule has 0 saturated heterocycles. The Morgan fingerprint density at radius 1 is 0.667 bits per heavy atom. The van der Waals surface area contributed by atoms with Crippen molar-refractivity contribution in [3.63, 3.8) is 0 Å². The van der Waals surface area contributed by atoms with Gasteiger partial charge in [0.1, 0.15) is 0 Å². The molecule has 8 bridgehead atoms. The van der Waals surface area contributed by atoms with Gasteiger partial charge in [-0.1, -0.05) is 19.2 Å². The molecule has 2 atom stereocenters. The van der Waals surface area contributed by atoms with Crippen molar-refractivity contribution in [1.82, 2.24) is 0 Å². The van der Waals surface area contributed by atoms with E-state index in [0.29, 0.717) is 10.8 Å². The van der Waals surface area contributed by atoms with E-state index in [9.17, 15) is 0 Å². The van der Waals surface area contributed by atoms with E-state index in [2.05, 4.69) is 19.2 Å². The molecule has 8 rings (SSSR count). The summed E-state index contributed by atoms with van der Waals surface area (Å²) in [5.74, 6) is 5.32. The molecular weight excluding hydrogens is 288 g/mol. The highest BCUT2D eigenvalue weighted by Gasteiger charge is 2.67. The average Bonchev–Trinajstić information content (AvgIpc) is 2.51. The molecule has 8 aliphatic rings. The van der Waals surface area contributed by atoms with Crippen LogP contribution in [0.1, 0.15) is 77.0 Å². The lowest BCUT2D eigenvalue weighted by Gasteiger charge is -2.72. The molecule has 2 unspecified atom stereocenters. The fourth-order valence-electron chi connectivity index (χ4n) is 10.2. The molecule has 0 N–H and O–H groups in total. The van der Waals surface area contributed by atoms with E-state index in [0.717, 1.165) is 35.0 Å². The molecule has 0 nitrogen and oxygen atoms in total. The SMILES string of the molecule is C=CC(=C)C12CC3CC(C1)CC(C14CC5CC(CC(C5)C1)C4)(C3)C2. The molecule has 0 aromatic heterocycles. The average molecular weight is 323 g/mol. The topological polar surface area (TPSA) is 0 Å². The van der Waals surface area contributed by atoms with Crippen LogP contribution in [0, 0.1) is 45.8 Å². The summed E-state index contributed by atoms with van der Waals surface area (Å²) < 4.78 is 0. The second kappa shape index (κ2) is 4.41. The summed E-state index contributed by atoms with van der Waals surface area (Å²) in [6.07, 6.45) is 20.8. The van der Waals surface area contributed by atoms with Crippen molar-refractivity contribution in [1.29, 1.82) is 0 Å². The smallest absolute Gasteiger partial charge is 0.00423 e. The maximum atomic E-state index is 4.52. The van der Waals surface area contributed by atoms with Gasteiger partial charge in [-0.2, -0.15) is 0 Å². The minimum atomic E-state index is 0.454. The molecule has 0 spiro atoms. The molecular formula is C24H34. The highest BCUT2D eigenvalue weighted by molar-refractivity contribution is 5.29. The zero-order valence-corrected chi connectivity index (χ0v) is 15.4. The number of rotatable bonds is 3. The normalized spacial score (nSPS) is 59.8. The Labute approximate surface area is 148 Å². The molecule has 0 radical (unpaired) electrons. The van der Waals surface area contributed by atoms with Gasteiger partial charge in [-0.15, -0.1) is 0 Å². The van der Waals surface area contributed by atoms with Crippen LogP contribution in [0.25, 0.3) is 0 Å². The van der Waals surface area contributed by atoms with Crippen molar-refractivity contribution in [2.75, 3.05) is 0 Å². The highest BCUT2D eigenvalue weighted by atomic mass is 14.7. The summed E-state index contributed by atoms with van der Waals surface area (Å²) in [4.78, 5) is 0. The predicted molar refractivity (Wildman–Crippen MR) is 99.5 cm³/mol. The lowest BCUT2D eigenvalue weighted by molar-refractivity contribution is -0.213. The van der Waals surface area contributed by atoms with Crippen LogP contribution >= 0.6 is 0 Å². The van der Waals surface area contributed by atoms with E-state index in [1.165, 1.54) is 24.8 Å². The van der Waals surface area contributed by atoms with Crippen molar-refractivity contribution in [2.45, 2.75) is 77.0 Å². The molecule has 0 aliphatic heterocycles. The summed E-state index contributed by atoms with van der Waals surface area (Å²) in [5.41, 5.74) is 3.30. The van der Waals surface area contributed by atoms with Crippen LogP contribution < -0.4 is 0 Å². The van der Waals surface area contributed by atoms with Crippen molar-refractivity contribution < 1.29 is 0 Å². The van der Waals surface area contributed by atoms with Gasteiger partial charge < -0.3 is 0 Å². The second-order valence-electron chi connectivity index (χ2n) is 11.4. The van der Waals surface area contributed by atoms with Gasteiger partial charge in [0.05, 0.1) is 0 Å². The van der Waals surface area contributed by atoms with Gasteiger partial charge >= 0.3 is 0 Å². The third-order valence-electron chi connectivity index (χ3n) is 10.2. The quantitative estimate of drug-likeness (QED) is 0.518. The Hall–Kier alpha value is -0.520. The van der Waals surface area contributed by atoms with Gasteiger partial charge in [-0.3, -0.25) is 0 Å². The third kappa shape index (κ3) is 1.67. The van der Waals surface area contributed by atoms with Crippen molar-refractivity contribution in [3.05, 3.63) is 24.8 Å². The first-order chi connectivity index (χ1) is 11.5. The van der Waals surface area contributed by atoms with Crippen LogP contribution in [0.15, 0.2) is 24.8 Å². The number of hydrogen-bond donors (Lipinski definition) is 0. The lowest BCUT2D eigenvalue weighted by Crippen LogP contribution is -2.62. The van der Waals surface area contributed by atoms with Crippen LogP contribution in [0.5, 0.6) is 0 Å². The van der Waals surface area contributed by atoms with E-state index < -0.39 is 0 Å².